The van der Waals surface area contributed by atoms with E-state index in [0.717, 1.165) is 0 Å². The average Bonchev–Trinajstić information content (AvgIpc) is 2.66. The topological polar surface area (TPSA) is 71.6 Å². The van der Waals surface area contributed by atoms with Gasteiger partial charge in [0.2, 0.25) is 0 Å². The summed E-state index contributed by atoms with van der Waals surface area (Å²) in [6.45, 7) is 0. The molecule has 0 spiro atoms. The molecule has 26 heavy (non-hydrogen) atoms. The number of halogens is 2. The molecule has 0 aliphatic rings. The van der Waals surface area contributed by atoms with Crippen LogP contribution in [-0.2, 0) is 0 Å². The number of nitrogens with one attached hydrogen (secondary N) is 2. The molecule has 126 valence electrons. The first-order chi connectivity index (χ1) is 12.6. The highest BCUT2D eigenvalue weighted by molar-refractivity contribution is 5.77. The lowest BCUT2D eigenvalue weighted by Gasteiger charge is -2.13. The van der Waals surface area contributed by atoms with Crippen LogP contribution in [0.15, 0.2) is 60.7 Å². The van der Waals surface area contributed by atoms with Crippen molar-refractivity contribution in [1.29, 1.82) is 10.5 Å². The van der Waals surface area contributed by atoms with Crippen molar-refractivity contribution in [3.05, 3.63) is 83.4 Å². The molecule has 6 heteroatoms. The van der Waals surface area contributed by atoms with E-state index in [0.29, 0.717) is 33.9 Å². The van der Waals surface area contributed by atoms with Gasteiger partial charge in [0.25, 0.3) is 0 Å². The van der Waals surface area contributed by atoms with Crippen LogP contribution in [0.25, 0.3) is 0 Å². The summed E-state index contributed by atoms with van der Waals surface area (Å²) in [6.07, 6.45) is 0. The second kappa shape index (κ2) is 7.33. The lowest BCUT2D eigenvalue weighted by Crippen LogP contribution is -1.99. The highest BCUT2D eigenvalue weighted by Gasteiger charge is 2.11. The molecule has 0 saturated carbocycles. The highest BCUT2D eigenvalue weighted by atomic mass is 19.1. The Labute approximate surface area is 148 Å². The molecule has 0 unspecified atom stereocenters. The van der Waals surface area contributed by atoms with Crippen LogP contribution in [0, 0.1) is 34.3 Å². The molecule has 0 aliphatic carbocycles. The Balaban J connectivity index is 1.95. The molecular formula is C20H12F2N4. The maximum absolute atomic E-state index is 13.0. The van der Waals surface area contributed by atoms with Gasteiger partial charge < -0.3 is 10.6 Å². The minimum atomic E-state index is -0.368. The molecule has 0 aromatic heterocycles. The predicted molar refractivity (Wildman–Crippen MR) is 95.2 cm³/mol. The lowest BCUT2D eigenvalue weighted by molar-refractivity contribution is 0.627. The van der Waals surface area contributed by atoms with Crippen LogP contribution >= 0.6 is 0 Å². The Hall–Kier alpha value is -3.90. The standard InChI is InChI=1S/C20H12F2N4/c21-15-1-5-17(6-2-15)25-19-9-14(12-24)20(10-13(19)11-23)26-18-7-3-16(22)4-8-18/h1-10,25-26H. The number of nitriles is 2. The summed E-state index contributed by atoms with van der Waals surface area (Å²) in [5.41, 5.74) is 2.65. The number of benzene rings is 3. The molecule has 3 rings (SSSR count). The van der Waals surface area contributed by atoms with E-state index < -0.39 is 0 Å². The zero-order chi connectivity index (χ0) is 18.5. The monoisotopic (exact) mass is 346 g/mol. The van der Waals surface area contributed by atoms with Crippen LogP contribution in [0.1, 0.15) is 11.1 Å². The predicted octanol–water partition coefficient (Wildman–Crippen LogP) is 5.20. The largest absolute Gasteiger partial charge is 0.354 e. The normalized spacial score (nSPS) is 9.85. The first kappa shape index (κ1) is 16.9. The zero-order valence-electron chi connectivity index (χ0n) is 13.4. The van der Waals surface area contributed by atoms with E-state index in [1.807, 2.05) is 0 Å². The summed E-state index contributed by atoms with van der Waals surface area (Å²) < 4.78 is 26.0. The van der Waals surface area contributed by atoms with Gasteiger partial charge in [-0.15, -0.1) is 0 Å². The Morgan fingerprint density at radius 2 is 0.962 bits per heavy atom. The van der Waals surface area contributed by atoms with Crippen LogP contribution in [0.4, 0.5) is 31.5 Å². The van der Waals surface area contributed by atoms with Crippen molar-refractivity contribution in [3.63, 3.8) is 0 Å². The third kappa shape index (κ3) is 3.77. The second-order valence-electron chi connectivity index (χ2n) is 5.43. The minimum absolute atomic E-state index is 0.304. The van der Waals surface area contributed by atoms with Crippen molar-refractivity contribution in [2.45, 2.75) is 0 Å². The SMILES string of the molecule is N#Cc1cc(Nc2ccc(F)cc2)c(C#N)cc1Nc1ccc(F)cc1. The van der Waals surface area contributed by atoms with Crippen LogP contribution in [0.3, 0.4) is 0 Å². The summed E-state index contributed by atoms with van der Waals surface area (Å²) in [4.78, 5) is 0. The van der Waals surface area contributed by atoms with E-state index in [-0.39, 0.29) is 11.6 Å². The second-order valence-corrected chi connectivity index (χ2v) is 5.43. The van der Waals surface area contributed by atoms with E-state index in [1.54, 1.807) is 0 Å². The van der Waals surface area contributed by atoms with Crippen molar-refractivity contribution in [2.75, 3.05) is 10.6 Å². The summed E-state index contributed by atoms with van der Waals surface area (Å²) in [5.74, 6) is -0.736. The van der Waals surface area contributed by atoms with Gasteiger partial charge in [0, 0.05) is 11.4 Å². The molecule has 0 aliphatic heterocycles. The Morgan fingerprint density at radius 3 is 1.27 bits per heavy atom. The molecule has 3 aromatic carbocycles. The molecule has 2 N–H and O–H groups in total. The van der Waals surface area contributed by atoms with Gasteiger partial charge in [-0.1, -0.05) is 0 Å². The zero-order valence-corrected chi connectivity index (χ0v) is 13.4. The molecule has 0 amide bonds. The molecule has 0 saturated heterocycles. The smallest absolute Gasteiger partial charge is 0.123 e. The third-order valence-electron chi connectivity index (χ3n) is 3.65. The fourth-order valence-electron chi connectivity index (χ4n) is 2.37. The van der Waals surface area contributed by atoms with E-state index in [1.165, 1.54) is 60.7 Å². The van der Waals surface area contributed by atoms with Gasteiger partial charge in [-0.25, -0.2) is 8.78 Å². The van der Waals surface area contributed by atoms with Gasteiger partial charge in [0.05, 0.1) is 22.5 Å². The Bertz CT molecular complexity index is 929. The molecule has 0 fully saturated rings. The molecule has 0 heterocycles. The maximum Gasteiger partial charge on any atom is 0.123 e. The first-order valence-corrected chi connectivity index (χ1v) is 7.62. The number of nitrogens with zero attached hydrogens (tertiary/aromatic N) is 2. The molecule has 3 aromatic rings. The van der Waals surface area contributed by atoms with Gasteiger partial charge in [-0.2, -0.15) is 10.5 Å². The lowest BCUT2D eigenvalue weighted by atomic mass is 10.1. The van der Waals surface area contributed by atoms with Gasteiger partial charge in [0.15, 0.2) is 0 Å². The van der Waals surface area contributed by atoms with Crippen molar-refractivity contribution in [1.82, 2.24) is 0 Å². The minimum Gasteiger partial charge on any atom is -0.354 e. The number of hydrogen-bond donors (Lipinski definition) is 2. The van der Waals surface area contributed by atoms with Crippen molar-refractivity contribution in [2.24, 2.45) is 0 Å². The van der Waals surface area contributed by atoms with Gasteiger partial charge in [-0.05, 0) is 60.7 Å². The summed E-state index contributed by atoms with van der Waals surface area (Å²) in [6, 6.07) is 18.5. The number of rotatable bonds is 4. The first-order valence-electron chi connectivity index (χ1n) is 7.62. The van der Waals surface area contributed by atoms with Crippen LogP contribution < -0.4 is 10.6 Å². The van der Waals surface area contributed by atoms with Gasteiger partial charge >= 0.3 is 0 Å². The molecule has 0 radical (unpaired) electrons. The van der Waals surface area contributed by atoms with E-state index in [9.17, 15) is 19.3 Å². The average molecular weight is 346 g/mol. The van der Waals surface area contributed by atoms with E-state index in [2.05, 4.69) is 22.8 Å². The highest BCUT2D eigenvalue weighted by Crippen LogP contribution is 2.29. The van der Waals surface area contributed by atoms with Crippen molar-refractivity contribution >= 4 is 22.7 Å². The third-order valence-corrected chi connectivity index (χ3v) is 3.65. The van der Waals surface area contributed by atoms with Gasteiger partial charge in [0.1, 0.15) is 23.8 Å². The van der Waals surface area contributed by atoms with Crippen LogP contribution in [0.5, 0.6) is 0 Å². The number of hydrogen-bond acceptors (Lipinski definition) is 4. The fraction of sp³-hybridized carbons (Fsp3) is 0. The quantitative estimate of drug-likeness (QED) is 0.681. The van der Waals surface area contributed by atoms with E-state index >= 15 is 0 Å². The van der Waals surface area contributed by atoms with E-state index in [4.69, 9.17) is 0 Å². The van der Waals surface area contributed by atoms with Crippen LogP contribution in [0.2, 0.25) is 0 Å². The fourth-order valence-corrected chi connectivity index (χ4v) is 2.37. The summed E-state index contributed by atoms with van der Waals surface area (Å²) in [7, 11) is 0. The summed E-state index contributed by atoms with van der Waals surface area (Å²) >= 11 is 0. The maximum atomic E-state index is 13.0. The number of anilines is 4. The Kier molecular flexibility index (Phi) is 4.78. The Morgan fingerprint density at radius 1 is 0.615 bits per heavy atom. The van der Waals surface area contributed by atoms with Crippen molar-refractivity contribution < 1.29 is 8.78 Å². The molecule has 0 bridgehead atoms. The molecular weight excluding hydrogens is 334 g/mol. The molecule has 0 atom stereocenters. The van der Waals surface area contributed by atoms with Crippen molar-refractivity contribution in [3.8, 4) is 12.1 Å². The van der Waals surface area contributed by atoms with Crippen LogP contribution in [-0.4, -0.2) is 0 Å². The van der Waals surface area contributed by atoms with Gasteiger partial charge in [-0.3, -0.25) is 0 Å². The summed E-state index contributed by atoms with van der Waals surface area (Å²) in [5, 5.41) is 24.9. The molecule has 4 nitrogen and oxygen atoms in total.